The molecule has 0 saturated heterocycles. The van der Waals surface area contributed by atoms with Crippen LogP contribution in [-0.2, 0) is 0 Å². The van der Waals surface area contributed by atoms with Gasteiger partial charge in [-0.25, -0.2) is 0 Å². The highest BCUT2D eigenvalue weighted by Crippen LogP contribution is 2.40. The number of hydrogen-bond donors (Lipinski definition) is 2. The van der Waals surface area contributed by atoms with Crippen molar-refractivity contribution in [2.45, 2.75) is 13.8 Å². The van der Waals surface area contributed by atoms with Gasteiger partial charge >= 0.3 is 11.4 Å². The summed E-state index contributed by atoms with van der Waals surface area (Å²) in [6, 6.07) is 2.89. The third kappa shape index (κ3) is 3.81. The summed E-state index contributed by atoms with van der Waals surface area (Å²) in [5.41, 5.74) is 0.850. The molecule has 0 atom stereocenters. The molecular formula is C15H12ClN5O7. The van der Waals surface area contributed by atoms with Gasteiger partial charge in [-0.3, -0.25) is 35.8 Å². The number of aromatic hydroxyl groups is 1. The van der Waals surface area contributed by atoms with Crippen LogP contribution >= 0.6 is 11.6 Å². The van der Waals surface area contributed by atoms with Crippen molar-refractivity contribution in [1.82, 2.24) is 0 Å². The molecule has 0 bridgehead atoms. The predicted octanol–water partition coefficient (Wildman–Crippen LogP) is 3.83. The number of nitrogens with zero attached hydrogens (tertiary/aromatic N) is 4. The molecule has 13 heteroatoms. The minimum absolute atomic E-state index is 0.0561. The Balaban J connectivity index is 2.45. The zero-order valence-corrected chi connectivity index (χ0v) is 15.1. The second-order valence-electron chi connectivity index (χ2n) is 5.52. The van der Waals surface area contributed by atoms with Gasteiger partial charge in [0.15, 0.2) is 0 Å². The topological polar surface area (TPSA) is 174 Å². The van der Waals surface area contributed by atoms with Gasteiger partial charge < -0.3 is 5.11 Å². The number of non-ortho nitro benzene ring substituents is 1. The molecular weight excluding hydrogens is 398 g/mol. The van der Waals surface area contributed by atoms with Gasteiger partial charge in [-0.05, 0) is 25.5 Å². The van der Waals surface area contributed by atoms with Crippen molar-refractivity contribution in [3.05, 3.63) is 70.3 Å². The van der Waals surface area contributed by atoms with E-state index in [1.165, 1.54) is 13.8 Å². The van der Waals surface area contributed by atoms with Crippen LogP contribution in [0.4, 0.5) is 22.7 Å². The molecule has 12 nitrogen and oxygen atoms in total. The molecule has 0 unspecified atom stereocenters. The van der Waals surface area contributed by atoms with Crippen LogP contribution in [0.15, 0.2) is 23.3 Å². The van der Waals surface area contributed by atoms with Gasteiger partial charge in [0.05, 0.1) is 32.1 Å². The molecule has 2 aromatic carbocycles. The minimum Gasteiger partial charge on any atom is -0.502 e. The van der Waals surface area contributed by atoms with E-state index in [0.717, 1.165) is 24.4 Å². The Bertz CT molecular complexity index is 1040. The Kier molecular flexibility index (Phi) is 5.74. The average Bonchev–Trinajstić information content (AvgIpc) is 2.62. The van der Waals surface area contributed by atoms with E-state index >= 15 is 0 Å². The highest BCUT2D eigenvalue weighted by Gasteiger charge is 2.26. The summed E-state index contributed by atoms with van der Waals surface area (Å²) in [4.78, 5) is 30.6. The Morgan fingerprint density at radius 1 is 1.07 bits per heavy atom. The molecule has 0 amide bonds. The number of nitro groups is 3. The molecule has 0 aliphatic heterocycles. The molecule has 146 valence electrons. The summed E-state index contributed by atoms with van der Waals surface area (Å²) >= 11 is 6.06. The summed E-state index contributed by atoms with van der Waals surface area (Å²) in [7, 11) is 0. The van der Waals surface area contributed by atoms with Crippen molar-refractivity contribution >= 4 is 40.6 Å². The Labute approximate surface area is 161 Å². The lowest BCUT2D eigenvalue weighted by Gasteiger charge is -2.10. The first-order valence-electron chi connectivity index (χ1n) is 7.44. The van der Waals surface area contributed by atoms with Crippen LogP contribution in [0.1, 0.15) is 16.7 Å². The van der Waals surface area contributed by atoms with E-state index in [9.17, 15) is 35.4 Å². The van der Waals surface area contributed by atoms with Gasteiger partial charge in [0.2, 0.25) is 5.75 Å². The van der Waals surface area contributed by atoms with Crippen LogP contribution < -0.4 is 5.43 Å². The molecule has 2 N–H and O–H groups in total. The summed E-state index contributed by atoms with van der Waals surface area (Å²) in [6.07, 6.45) is 1.01. The lowest BCUT2D eigenvalue weighted by Crippen LogP contribution is -2.02. The van der Waals surface area contributed by atoms with Crippen molar-refractivity contribution in [3.8, 4) is 5.75 Å². The summed E-state index contributed by atoms with van der Waals surface area (Å²) < 4.78 is 0. The minimum atomic E-state index is -0.832. The van der Waals surface area contributed by atoms with Crippen LogP contribution in [0, 0.1) is 44.2 Å². The SMILES string of the molecule is Cc1c(Cl)c(C)c([N+](=O)[O-])c(O)c1C=NNc1ccc([N+](=O)[O-])cc1[N+](=O)[O-]. The summed E-state index contributed by atoms with van der Waals surface area (Å²) in [5.74, 6) is -0.659. The van der Waals surface area contributed by atoms with Crippen LogP contribution in [0.5, 0.6) is 5.75 Å². The smallest absolute Gasteiger partial charge is 0.315 e. The van der Waals surface area contributed by atoms with Gasteiger partial charge in [0.25, 0.3) is 5.69 Å². The van der Waals surface area contributed by atoms with Gasteiger partial charge in [0.1, 0.15) is 5.69 Å². The van der Waals surface area contributed by atoms with Crippen LogP contribution in [0.25, 0.3) is 0 Å². The number of phenols is 1. The number of hydrazone groups is 1. The average molecular weight is 410 g/mol. The fraction of sp³-hybridized carbons (Fsp3) is 0.133. The zero-order valence-electron chi connectivity index (χ0n) is 14.4. The summed E-state index contributed by atoms with van der Waals surface area (Å²) in [6.45, 7) is 2.89. The van der Waals surface area contributed by atoms with Crippen LogP contribution in [0.3, 0.4) is 0 Å². The number of nitrogens with one attached hydrogen (secondary N) is 1. The molecule has 2 rings (SSSR count). The quantitative estimate of drug-likeness (QED) is 0.411. The predicted molar refractivity (Wildman–Crippen MR) is 100 cm³/mol. The first kappa shape index (κ1) is 20.5. The van der Waals surface area contributed by atoms with Crippen molar-refractivity contribution in [3.63, 3.8) is 0 Å². The number of phenolic OH excluding ortho intramolecular Hbond substituents is 1. The van der Waals surface area contributed by atoms with Gasteiger partial charge in [0, 0.05) is 17.2 Å². The molecule has 0 aliphatic rings. The van der Waals surface area contributed by atoms with Crippen molar-refractivity contribution < 1.29 is 19.9 Å². The summed E-state index contributed by atoms with van der Waals surface area (Å²) in [5, 5.41) is 47.0. The molecule has 0 heterocycles. The lowest BCUT2D eigenvalue weighted by molar-refractivity contribution is -0.393. The number of anilines is 1. The maximum absolute atomic E-state index is 11.2. The van der Waals surface area contributed by atoms with Crippen LogP contribution in [-0.4, -0.2) is 26.1 Å². The largest absolute Gasteiger partial charge is 0.502 e. The van der Waals surface area contributed by atoms with E-state index in [0.29, 0.717) is 5.56 Å². The molecule has 0 radical (unpaired) electrons. The normalized spacial score (nSPS) is 10.8. The van der Waals surface area contributed by atoms with E-state index < -0.39 is 37.6 Å². The van der Waals surface area contributed by atoms with Crippen molar-refractivity contribution in [2.24, 2.45) is 5.10 Å². The monoisotopic (exact) mass is 409 g/mol. The number of halogens is 1. The van der Waals surface area contributed by atoms with E-state index in [4.69, 9.17) is 11.6 Å². The molecule has 0 aliphatic carbocycles. The lowest BCUT2D eigenvalue weighted by atomic mass is 10.0. The van der Waals surface area contributed by atoms with E-state index in [-0.39, 0.29) is 21.8 Å². The van der Waals surface area contributed by atoms with Crippen LogP contribution in [0.2, 0.25) is 5.02 Å². The van der Waals surface area contributed by atoms with E-state index in [1.54, 1.807) is 0 Å². The van der Waals surface area contributed by atoms with Crippen molar-refractivity contribution in [2.75, 3.05) is 5.43 Å². The molecule has 0 aromatic heterocycles. The van der Waals surface area contributed by atoms with Gasteiger partial charge in [-0.1, -0.05) is 11.6 Å². The number of hydrogen-bond acceptors (Lipinski definition) is 9. The number of nitro benzene ring substituents is 3. The first-order chi connectivity index (χ1) is 13.1. The Hall–Kier alpha value is -3.80. The van der Waals surface area contributed by atoms with Gasteiger partial charge in [-0.15, -0.1) is 0 Å². The maximum atomic E-state index is 11.2. The van der Waals surface area contributed by atoms with Crippen molar-refractivity contribution in [1.29, 1.82) is 0 Å². The third-order valence-corrected chi connectivity index (χ3v) is 4.41. The molecule has 2 aromatic rings. The van der Waals surface area contributed by atoms with E-state index in [1.807, 2.05) is 0 Å². The number of benzene rings is 2. The highest BCUT2D eigenvalue weighted by atomic mass is 35.5. The Morgan fingerprint density at radius 2 is 1.71 bits per heavy atom. The first-order valence-corrected chi connectivity index (χ1v) is 7.82. The third-order valence-electron chi connectivity index (χ3n) is 3.85. The second kappa shape index (κ2) is 7.84. The highest BCUT2D eigenvalue weighted by molar-refractivity contribution is 6.33. The number of rotatable bonds is 6. The standard InChI is InChI=1S/C15H12ClN5O7/c1-7-10(15(22)14(21(27)28)8(2)13(7)16)6-17-18-11-4-3-9(19(23)24)5-12(11)20(25)26/h3-6,18,22H,1-2H3. The fourth-order valence-corrected chi connectivity index (χ4v) is 2.60. The second-order valence-corrected chi connectivity index (χ2v) is 5.90. The molecule has 0 spiro atoms. The Morgan fingerprint density at radius 3 is 2.25 bits per heavy atom. The zero-order chi connectivity index (χ0) is 21.2. The molecule has 0 fully saturated rings. The molecule has 28 heavy (non-hydrogen) atoms. The fourth-order valence-electron chi connectivity index (χ4n) is 2.41. The van der Waals surface area contributed by atoms with E-state index in [2.05, 4.69) is 10.5 Å². The molecule has 0 saturated carbocycles. The van der Waals surface area contributed by atoms with Gasteiger partial charge in [-0.2, -0.15) is 5.10 Å². The maximum Gasteiger partial charge on any atom is 0.315 e.